The van der Waals surface area contributed by atoms with Crippen LogP contribution in [0.4, 0.5) is 9.59 Å². The number of hydrogen-bond donors (Lipinski definition) is 2. The molecule has 2 aliphatic rings. The number of alkyl carbamates (subject to hydrolysis) is 2. The van der Waals surface area contributed by atoms with E-state index in [1.165, 1.54) is 0 Å². The molecule has 2 unspecified atom stereocenters. The zero-order valence-corrected chi connectivity index (χ0v) is 18.5. The maximum atomic E-state index is 11.6. The van der Waals surface area contributed by atoms with Gasteiger partial charge in [0, 0.05) is 13.1 Å². The van der Waals surface area contributed by atoms with Crippen molar-refractivity contribution in [1.29, 1.82) is 0 Å². The van der Waals surface area contributed by atoms with Crippen molar-refractivity contribution in [2.45, 2.75) is 63.9 Å². The van der Waals surface area contributed by atoms with Gasteiger partial charge in [-0.05, 0) is 40.5 Å². The molecule has 10 heteroatoms. The number of nitrogens with one attached hydrogen (secondary N) is 2. The first-order valence-electron chi connectivity index (χ1n) is 10.5. The molecule has 2 N–H and O–H groups in total. The van der Waals surface area contributed by atoms with Crippen molar-refractivity contribution < 1.29 is 38.0 Å². The molecular formula is C20H36N2O8. The van der Waals surface area contributed by atoms with Gasteiger partial charge in [0.1, 0.15) is 25.4 Å². The van der Waals surface area contributed by atoms with Crippen LogP contribution in [-0.2, 0) is 28.4 Å². The quantitative estimate of drug-likeness (QED) is 0.296. The van der Waals surface area contributed by atoms with Gasteiger partial charge in [-0.2, -0.15) is 0 Å². The molecular weight excluding hydrogens is 396 g/mol. The Labute approximate surface area is 178 Å². The summed E-state index contributed by atoms with van der Waals surface area (Å²) in [7, 11) is 0. The second-order valence-corrected chi connectivity index (χ2v) is 8.68. The lowest BCUT2D eigenvalue weighted by atomic mass is 10.0. The van der Waals surface area contributed by atoms with E-state index in [-0.39, 0.29) is 24.4 Å². The summed E-state index contributed by atoms with van der Waals surface area (Å²) in [5.74, 6) is 0. The van der Waals surface area contributed by atoms with Gasteiger partial charge in [0.2, 0.25) is 0 Å². The molecule has 2 aliphatic heterocycles. The molecule has 2 saturated heterocycles. The summed E-state index contributed by atoms with van der Waals surface area (Å²) in [5, 5.41) is 5.36. The third-order valence-electron chi connectivity index (χ3n) is 4.66. The topological polar surface area (TPSA) is 120 Å². The van der Waals surface area contributed by atoms with E-state index in [0.29, 0.717) is 59.0 Å². The van der Waals surface area contributed by atoms with Gasteiger partial charge in [0.05, 0.1) is 37.6 Å². The van der Waals surface area contributed by atoms with Gasteiger partial charge in [0.15, 0.2) is 0 Å². The average molecular weight is 433 g/mol. The van der Waals surface area contributed by atoms with Gasteiger partial charge < -0.3 is 39.1 Å². The Morgan fingerprint density at radius 2 is 1.27 bits per heavy atom. The molecule has 0 aliphatic carbocycles. The van der Waals surface area contributed by atoms with Gasteiger partial charge in [-0.25, -0.2) is 9.59 Å². The maximum absolute atomic E-state index is 11.6. The van der Waals surface area contributed by atoms with E-state index in [9.17, 15) is 9.59 Å². The van der Waals surface area contributed by atoms with Crippen LogP contribution in [0, 0.1) is 0 Å². The maximum Gasteiger partial charge on any atom is 0.407 e. The fourth-order valence-corrected chi connectivity index (χ4v) is 2.43. The zero-order valence-electron chi connectivity index (χ0n) is 18.5. The monoisotopic (exact) mass is 432 g/mol. The summed E-state index contributed by atoms with van der Waals surface area (Å²) in [5.41, 5.74) is -0.782. The van der Waals surface area contributed by atoms with E-state index in [0.717, 1.165) is 0 Å². The molecule has 174 valence electrons. The molecule has 2 rings (SSSR count). The third kappa shape index (κ3) is 12.2. The highest BCUT2D eigenvalue weighted by Crippen LogP contribution is 2.19. The zero-order chi connectivity index (χ0) is 22.0. The largest absolute Gasteiger partial charge is 0.447 e. The minimum atomic E-state index is -0.463. The van der Waals surface area contributed by atoms with Crippen molar-refractivity contribution in [2.24, 2.45) is 0 Å². The van der Waals surface area contributed by atoms with E-state index >= 15 is 0 Å². The van der Waals surface area contributed by atoms with Gasteiger partial charge in [-0.15, -0.1) is 0 Å². The lowest BCUT2D eigenvalue weighted by molar-refractivity contribution is -0.0729. The molecule has 0 aromatic heterocycles. The summed E-state index contributed by atoms with van der Waals surface area (Å²) in [6, 6.07) is 0. The van der Waals surface area contributed by atoms with Crippen molar-refractivity contribution in [2.75, 3.05) is 52.7 Å². The van der Waals surface area contributed by atoms with Crippen LogP contribution in [0.15, 0.2) is 0 Å². The first-order chi connectivity index (χ1) is 14.2. The lowest BCUT2D eigenvalue weighted by Crippen LogP contribution is -2.36. The van der Waals surface area contributed by atoms with Crippen LogP contribution in [0.2, 0.25) is 0 Å². The Kier molecular flexibility index (Phi) is 9.60. The van der Waals surface area contributed by atoms with Crippen LogP contribution < -0.4 is 10.6 Å². The number of amides is 2. The highest BCUT2D eigenvalue weighted by Gasteiger charge is 2.26. The summed E-state index contributed by atoms with van der Waals surface area (Å²) in [6.45, 7) is 11.5. The summed E-state index contributed by atoms with van der Waals surface area (Å²) in [4.78, 5) is 23.0. The normalized spacial score (nSPS) is 20.4. The third-order valence-corrected chi connectivity index (χ3v) is 4.66. The van der Waals surface area contributed by atoms with Crippen molar-refractivity contribution in [3.63, 3.8) is 0 Å². The molecule has 2 heterocycles. The van der Waals surface area contributed by atoms with Gasteiger partial charge in [-0.3, -0.25) is 0 Å². The SMILES string of the molecule is CC(C)(CCNC(=O)OCC1CO1)OCCC(C)(C)OCCNC(=O)OCC1CO1. The molecule has 0 bridgehead atoms. The fourth-order valence-electron chi connectivity index (χ4n) is 2.43. The Hall–Kier alpha value is -1.62. The average Bonchev–Trinajstić information content (AvgIpc) is 3.55. The molecule has 0 aromatic rings. The molecule has 0 spiro atoms. The molecule has 0 radical (unpaired) electrons. The number of ether oxygens (including phenoxy) is 6. The van der Waals surface area contributed by atoms with E-state index in [1.54, 1.807) is 0 Å². The number of epoxide rings is 2. The number of rotatable bonds is 15. The predicted octanol–water partition coefficient (Wildman–Crippen LogP) is 1.61. The van der Waals surface area contributed by atoms with Crippen molar-refractivity contribution in [3.05, 3.63) is 0 Å². The lowest BCUT2D eigenvalue weighted by Gasteiger charge is -2.30. The predicted molar refractivity (Wildman–Crippen MR) is 107 cm³/mol. The van der Waals surface area contributed by atoms with Crippen LogP contribution in [0.1, 0.15) is 40.5 Å². The second-order valence-electron chi connectivity index (χ2n) is 8.68. The van der Waals surface area contributed by atoms with Crippen LogP contribution >= 0.6 is 0 Å². The smallest absolute Gasteiger partial charge is 0.407 e. The van der Waals surface area contributed by atoms with Crippen LogP contribution in [0.25, 0.3) is 0 Å². The van der Waals surface area contributed by atoms with Crippen LogP contribution in [-0.4, -0.2) is 88.3 Å². The van der Waals surface area contributed by atoms with Crippen molar-refractivity contribution >= 4 is 12.2 Å². The van der Waals surface area contributed by atoms with E-state index in [4.69, 9.17) is 28.4 Å². The summed E-state index contributed by atoms with van der Waals surface area (Å²) >= 11 is 0. The second kappa shape index (κ2) is 11.7. The van der Waals surface area contributed by atoms with Gasteiger partial charge in [-0.1, -0.05) is 0 Å². The fraction of sp³-hybridized carbons (Fsp3) is 0.900. The summed E-state index contributed by atoms with van der Waals surface area (Å²) < 4.78 is 31.8. The minimum absolute atomic E-state index is 0.0576. The van der Waals surface area contributed by atoms with E-state index < -0.39 is 17.8 Å². The van der Waals surface area contributed by atoms with Crippen molar-refractivity contribution in [3.8, 4) is 0 Å². The van der Waals surface area contributed by atoms with Crippen molar-refractivity contribution in [1.82, 2.24) is 10.6 Å². The Morgan fingerprint density at radius 1 is 0.800 bits per heavy atom. The van der Waals surface area contributed by atoms with Gasteiger partial charge in [0.25, 0.3) is 0 Å². The standard InChI is InChI=1S/C20H36N2O8/c1-19(2,5-7-21-17(23)27-13-15-11-25-15)29-9-6-20(3,4)30-10-8-22-18(24)28-14-16-12-26-16/h15-16H,5-14H2,1-4H3,(H,21,23)(H,22,24). The number of carbonyl (C=O) groups is 2. The Balaban J connectivity index is 1.47. The molecule has 30 heavy (non-hydrogen) atoms. The molecule has 2 amide bonds. The Morgan fingerprint density at radius 3 is 1.80 bits per heavy atom. The van der Waals surface area contributed by atoms with Crippen LogP contribution in [0.3, 0.4) is 0 Å². The highest BCUT2D eigenvalue weighted by molar-refractivity contribution is 5.67. The molecule has 0 aromatic carbocycles. The number of hydrogen-bond acceptors (Lipinski definition) is 8. The first-order valence-corrected chi connectivity index (χ1v) is 10.5. The Bertz CT molecular complexity index is 547. The van der Waals surface area contributed by atoms with Crippen LogP contribution in [0.5, 0.6) is 0 Å². The van der Waals surface area contributed by atoms with Gasteiger partial charge >= 0.3 is 12.2 Å². The summed E-state index contributed by atoms with van der Waals surface area (Å²) in [6.07, 6.45) is 0.567. The minimum Gasteiger partial charge on any atom is -0.447 e. The van der Waals surface area contributed by atoms with E-state index in [1.807, 2.05) is 27.7 Å². The molecule has 2 atom stereocenters. The molecule has 0 saturated carbocycles. The van der Waals surface area contributed by atoms with E-state index in [2.05, 4.69) is 10.6 Å². The molecule has 10 nitrogen and oxygen atoms in total. The first kappa shape index (κ1) is 24.6. The number of carbonyl (C=O) groups excluding carboxylic acids is 2. The molecule has 2 fully saturated rings. The highest BCUT2D eigenvalue weighted by atomic mass is 16.6.